The number of hydrogen-bond donors (Lipinski definition) is 11. The highest BCUT2D eigenvalue weighted by Gasteiger charge is 2.50. The summed E-state index contributed by atoms with van der Waals surface area (Å²) in [5.41, 5.74) is 5.75. The zero-order valence-electron chi connectivity index (χ0n) is 17.9. The van der Waals surface area contributed by atoms with E-state index in [9.17, 15) is 55.9 Å². The molecule has 2 fully saturated rings. The van der Waals surface area contributed by atoms with Gasteiger partial charge in [0.25, 0.3) is 0 Å². The minimum absolute atomic E-state index is 0.155. The molecule has 0 aromatic carbocycles. The topological polar surface area (TPSA) is 282 Å². The maximum Gasteiger partial charge on any atom is 0.187 e. The first-order valence-electron chi connectivity index (χ1n) is 10.4. The Morgan fingerprint density at radius 2 is 1.15 bits per heavy atom. The van der Waals surface area contributed by atoms with Crippen molar-refractivity contribution in [3.8, 4) is 0 Å². The van der Waals surface area contributed by atoms with Crippen molar-refractivity contribution in [2.45, 2.75) is 85.8 Å². The number of aliphatic hydroxyl groups is 10. The number of nitrogens with two attached hydrogens (primary N) is 1. The van der Waals surface area contributed by atoms with Gasteiger partial charge in [0.1, 0.15) is 73.4 Å². The number of carbonyl (C=O) groups excluding carboxylic acids is 1. The summed E-state index contributed by atoms with van der Waals surface area (Å²) >= 11 is 0. The molecule has 0 saturated carbocycles. The zero-order chi connectivity index (χ0) is 25.7. The van der Waals surface area contributed by atoms with E-state index in [1.807, 2.05) is 0 Å². The van der Waals surface area contributed by atoms with Crippen LogP contribution in [0.2, 0.25) is 0 Å². The third-order valence-electron chi connectivity index (χ3n) is 5.71. The molecule has 12 N–H and O–H groups in total. The van der Waals surface area contributed by atoms with Crippen molar-refractivity contribution in [3.05, 3.63) is 0 Å². The second-order valence-electron chi connectivity index (χ2n) is 8.06. The summed E-state index contributed by atoms with van der Waals surface area (Å²) < 4.78 is 21.3. The van der Waals surface area contributed by atoms with Crippen molar-refractivity contribution in [1.29, 1.82) is 0 Å². The Labute approximate surface area is 193 Å². The molecule has 14 atom stereocenters. The van der Waals surface area contributed by atoms with Crippen LogP contribution in [0.4, 0.5) is 0 Å². The summed E-state index contributed by atoms with van der Waals surface area (Å²) in [4.78, 5) is 11.4. The molecule has 0 aromatic rings. The molecule has 2 aliphatic heterocycles. The van der Waals surface area contributed by atoms with Gasteiger partial charge in [-0.25, -0.2) is 0 Å². The van der Waals surface area contributed by atoms with Crippen LogP contribution in [0.3, 0.4) is 0 Å². The second-order valence-corrected chi connectivity index (χ2v) is 8.06. The monoisotopic (exact) mass is 503 g/mol. The third kappa shape index (κ3) is 6.25. The van der Waals surface area contributed by atoms with Crippen molar-refractivity contribution in [2.75, 3.05) is 19.8 Å². The molecule has 16 heteroatoms. The lowest BCUT2D eigenvalue weighted by molar-refractivity contribution is -0.348. The first-order chi connectivity index (χ1) is 16.0. The molecule has 0 bridgehead atoms. The van der Waals surface area contributed by atoms with Crippen LogP contribution in [0.15, 0.2) is 0 Å². The summed E-state index contributed by atoms with van der Waals surface area (Å²) in [5, 5.41) is 98.6. The molecule has 16 nitrogen and oxygen atoms in total. The van der Waals surface area contributed by atoms with Crippen LogP contribution in [-0.2, 0) is 23.7 Å². The van der Waals surface area contributed by atoms with Gasteiger partial charge in [-0.2, -0.15) is 0 Å². The Kier molecular flexibility index (Phi) is 11.1. The van der Waals surface area contributed by atoms with Gasteiger partial charge in [0.05, 0.1) is 25.9 Å². The van der Waals surface area contributed by atoms with Gasteiger partial charge < -0.3 is 80.5 Å². The van der Waals surface area contributed by atoms with Crippen molar-refractivity contribution in [3.63, 3.8) is 0 Å². The van der Waals surface area contributed by atoms with Crippen molar-refractivity contribution in [2.24, 2.45) is 5.73 Å². The third-order valence-corrected chi connectivity index (χ3v) is 5.71. The van der Waals surface area contributed by atoms with E-state index in [0.717, 1.165) is 0 Å². The van der Waals surface area contributed by atoms with E-state index in [4.69, 9.17) is 24.7 Å². The van der Waals surface area contributed by atoms with Crippen molar-refractivity contribution in [1.82, 2.24) is 0 Å². The quantitative estimate of drug-likeness (QED) is 0.117. The lowest BCUT2D eigenvalue weighted by Crippen LogP contribution is -2.64. The molecule has 2 rings (SSSR count). The van der Waals surface area contributed by atoms with Gasteiger partial charge >= 0.3 is 0 Å². The highest BCUT2D eigenvalue weighted by atomic mass is 16.7. The van der Waals surface area contributed by atoms with Crippen LogP contribution >= 0.6 is 0 Å². The molecule has 200 valence electrons. The van der Waals surface area contributed by atoms with Gasteiger partial charge in [-0.05, 0) is 0 Å². The normalized spacial score (nSPS) is 42.6. The molecule has 2 saturated heterocycles. The smallest absolute Gasteiger partial charge is 0.187 e. The van der Waals surface area contributed by atoms with Crippen molar-refractivity contribution < 1.29 is 74.8 Å². The van der Waals surface area contributed by atoms with Crippen LogP contribution < -0.4 is 5.73 Å². The van der Waals surface area contributed by atoms with Crippen LogP contribution in [0.1, 0.15) is 0 Å². The van der Waals surface area contributed by atoms with Crippen molar-refractivity contribution >= 4 is 6.29 Å². The van der Waals surface area contributed by atoms with E-state index in [2.05, 4.69) is 0 Å². The molecule has 2 heterocycles. The fraction of sp³-hybridized carbons (Fsp3) is 0.944. The number of ether oxygens (including phenoxy) is 4. The summed E-state index contributed by atoms with van der Waals surface area (Å²) in [6, 6.07) is -1.64. The Balaban J connectivity index is 2.31. The average molecular weight is 503 g/mol. The number of hydrogen-bond acceptors (Lipinski definition) is 16. The predicted octanol–water partition coefficient (Wildman–Crippen LogP) is -7.76. The highest BCUT2D eigenvalue weighted by Crippen LogP contribution is 2.28. The standard InChI is InChI=1S/C18H33NO15/c19-5(1-20)15(33-17-13(29)11(27)9(25)7(3-22)31-17)16(6(24)2-21)34-18-14(30)12(28)10(26)8(4-23)32-18/h1,5-18,21-30H,2-4,19H2/t5-,6+,7+,8+,9+,10-,11-,12-,13+,14+,15+,16+,17?,18?/m0/s1. The van der Waals surface area contributed by atoms with Gasteiger partial charge in [-0.3, -0.25) is 0 Å². The number of aliphatic hydroxyl groups excluding tert-OH is 10. The lowest BCUT2D eigenvalue weighted by Gasteiger charge is -2.45. The molecule has 34 heavy (non-hydrogen) atoms. The molecule has 0 radical (unpaired) electrons. The predicted molar refractivity (Wildman–Crippen MR) is 104 cm³/mol. The molecule has 2 aliphatic rings. The fourth-order valence-corrected chi connectivity index (χ4v) is 3.62. The van der Waals surface area contributed by atoms with E-state index in [0.29, 0.717) is 0 Å². The van der Waals surface area contributed by atoms with E-state index in [1.54, 1.807) is 0 Å². The van der Waals surface area contributed by atoms with Gasteiger partial charge in [-0.15, -0.1) is 0 Å². The Hall–Kier alpha value is -0.930. The first kappa shape index (κ1) is 29.3. The largest absolute Gasteiger partial charge is 0.394 e. The molecule has 0 amide bonds. The number of rotatable bonds is 11. The number of aldehydes is 1. The Morgan fingerprint density at radius 3 is 1.50 bits per heavy atom. The van der Waals surface area contributed by atoms with Crippen LogP contribution in [0, 0.1) is 0 Å². The molecule has 0 aromatic heterocycles. The van der Waals surface area contributed by atoms with Crippen LogP contribution in [-0.4, -0.2) is 163 Å². The summed E-state index contributed by atoms with van der Waals surface area (Å²) in [5.74, 6) is 0. The maximum atomic E-state index is 11.4. The summed E-state index contributed by atoms with van der Waals surface area (Å²) in [7, 11) is 0. The molecule has 2 unspecified atom stereocenters. The average Bonchev–Trinajstić information content (AvgIpc) is 2.84. The number of carbonyl (C=O) groups is 1. The summed E-state index contributed by atoms with van der Waals surface area (Å²) in [6.07, 6.45) is -22.7. The molecule has 0 spiro atoms. The molecular formula is C18H33NO15. The first-order valence-corrected chi connectivity index (χ1v) is 10.4. The van der Waals surface area contributed by atoms with E-state index < -0.39 is 106 Å². The Morgan fingerprint density at radius 1 is 0.735 bits per heavy atom. The zero-order valence-corrected chi connectivity index (χ0v) is 17.9. The highest BCUT2D eigenvalue weighted by molar-refractivity contribution is 5.58. The minimum atomic E-state index is -1.92. The lowest BCUT2D eigenvalue weighted by atomic mass is 9.97. The van der Waals surface area contributed by atoms with Gasteiger partial charge in [0, 0.05) is 0 Å². The molecular weight excluding hydrogens is 470 g/mol. The molecule has 0 aliphatic carbocycles. The van der Waals surface area contributed by atoms with E-state index in [-0.39, 0.29) is 6.29 Å². The van der Waals surface area contributed by atoms with Gasteiger partial charge in [0.2, 0.25) is 0 Å². The second kappa shape index (κ2) is 12.9. The van der Waals surface area contributed by atoms with E-state index >= 15 is 0 Å². The van der Waals surface area contributed by atoms with E-state index in [1.165, 1.54) is 0 Å². The summed E-state index contributed by atoms with van der Waals surface area (Å²) in [6.45, 7) is -2.59. The maximum absolute atomic E-state index is 11.4. The SMILES string of the molecule is N[C@@H](C=O)[C@@H](OC1O[C@H](CO)[C@@H](O)[C@H](O)[C@H]1O)[C@H](OC1O[C@H](CO)[C@H](O)[C@H](O)[C@H]1O)[C@H](O)CO. The minimum Gasteiger partial charge on any atom is -0.394 e. The van der Waals surface area contributed by atoms with Crippen LogP contribution in [0.25, 0.3) is 0 Å². The fourth-order valence-electron chi connectivity index (χ4n) is 3.62. The van der Waals surface area contributed by atoms with Gasteiger partial charge in [0.15, 0.2) is 12.6 Å². The van der Waals surface area contributed by atoms with Crippen LogP contribution in [0.5, 0.6) is 0 Å². The Bertz CT molecular complexity index is 626. The van der Waals surface area contributed by atoms with Gasteiger partial charge in [-0.1, -0.05) is 0 Å².